The third-order valence-electron chi connectivity index (χ3n) is 5.37. The van der Waals surface area contributed by atoms with Crippen LogP contribution in [-0.2, 0) is 14.8 Å². The van der Waals surface area contributed by atoms with Crippen molar-refractivity contribution in [3.8, 4) is 11.5 Å². The van der Waals surface area contributed by atoms with E-state index >= 15 is 0 Å². The van der Waals surface area contributed by atoms with Crippen molar-refractivity contribution in [1.29, 1.82) is 0 Å². The smallest absolute Gasteiger partial charge is 0.262 e. The molecule has 0 aliphatic heterocycles. The van der Waals surface area contributed by atoms with Crippen LogP contribution in [0.5, 0.6) is 11.5 Å². The first-order chi connectivity index (χ1) is 18.3. The van der Waals surface area contributed by atoms with Gasteiger partial charge in [-0.1, -0.05) is 42.1 Å². The molecule has 196 valence electrons. The SMILES string of the molecule is CCOc1ccc(NS(=O)(=O)c2ccc(OCC(=O)Nc3ccccc3Sc3ccccc3)c(C)c2)cc1. The van der Waals surface area contributed by atoms with Crippen LogP contribution in [0.15, 0.2) is 112 Å². The lowest BCUT2D eigenvalue weighted by Gasteiger charge is -2.14. The second kappa shape index (κ2) is 12.5. The minimum absolute atomic E-state index is 0.0903. The van der Waals surface area contributed by atoms with Crippen molar-refractivity contribution in [2.24, 2.45) is 0 Å². The second-order valence-electron chi connectivity index (χ2n) is 8.24. The van der Waals surface area contributed by atoms with Crippen molar-refractivity contribution < 1.29 is 22.7 Å². The molecular weight excluding hydrogens is 520 g/mol. The summed E-state index contributed by atoms with van der Waals surface area (Å²) in [7, 11) is -3.81. The van der Waals surface area contributed by atoms with E-state index in [0.717, 1.165) is 9.79 Å². The number of hydrogen-bond donors (Lipinski definition) is 2. The highest BCUT2D eigenvalue weighted by Gasteiger charge is 2.17. The molecule has 0 fully saturated rings. The zero-order chi connectivity index (χ0) is 27.0. The molecule has 0 aromatic heterocycles. The summed E-state index contributed by atoms with van der Waals surface area (Å²) in [6.07, 6.45) is 0. The zero-order valence-electron chi connectivity index (χ0n) is 21.0. The second-order valence-corrected chi connectivity index (χ2v) is 11.0. The molecule has 0 saturated heterocycles. The molecule has 0 aliphatic carbocycles. The van der Waals surface area contributed by atoms with Gasteiger partial charge in [-0.25, -0.2) is 8.42 Å². The van der Waals surface area contributed by atoms with Crippen molar-refractivity contribution in [2.75, 3.05) is 23.3 Å². The predicted octanol–water partition coefficient (Wildman–Crippen LogP) is 6.36. The van der Waals surface area contributed by atoms with Gasteiger partial charge >= 0.3 is 0 Å². The Morgan fingerprint density at radius 3 is 2.29 bits per heavy atom. The van der Waals surface area contributed by atoms with Gasteiger partial charge in [0.25, 0.3) is 15.9 Å². The average Bonchev–Trinajstić information content (AvgIpc) is 2.91. The van der Waals surface area contributed by atoms with Crippen LogP contribution in [0, 0.1) is 6.92 Å². The van der Waals surface area contributed by atoms with Gasteiger partial charge in [0.2, 0.25) is 0 Å². The van der Waals surface area contributed by atoms with Crippen molar-refractivity contribution in [2.45, 2.75) is 28.5 Å². The Kier molecular flexibility index (Phi) is 8.93. The average molecular weight is 549 g/mol. The van der Waals surface area contributed by atoms with Gasteiger partial charge in [-0.15, -0.1) is 0 Å². The summed E-state index contributed by atoms with van der Waals surface area (Å²) in [6, 6.07) is 28.6. The Hall–Kier alpha value is -3.95. The summed E-state index contributed by atoms with van der Waals surface area (Å²) in [5, 5.41) is 2.90. The molecule has 0 atom stereocenters. The standard InChI is InChI=1S/C29H28N2O5S2/c1-3-35-23-15-13-22(14-16-23)31-38(33,34)25-17-18-27(21(2)19-25)36-20-29(32)30-26-11-7-8-12-28(26)37-24-9-5-4-6-10-24/h4-19,31H,3,20H2,1-2H3,(H,30,32). The normalized spacial score (nSPS) is 11.0. The molecule has 0 spiro atoms. The minimum atomic E-state index is -3.81. The summed E-state index contributed by atoms with van der Waals surface area (Å²) in [5.74, 6) is 0.766. The number of carbonyl (C=O) groups excluding carboxylic acids is 1. The summed E-state index contributed by atoms with van der Waals surface area (Å²) >= 11 is 1.56. The quantitative estimate of drug-likeness (QED) is 0.226. The van der Waals surface area contributed by atoms with E-state index in [-0.39, 0.29) is 17.4 Å². The molecule has 0 unspecified atom stereocenters. The number of rotatable bonds is 11. The zero-order valence-corrected chi connectivity index (χ0v) is 22.6. The Balaban J connectivity index is 1.37. The fraction of sp³-hybridized carbons (Fsp3) is 0.138. The molecule has 0 radical (unpaired) electrons. The van der Waals surface area contributed by atoms with E-state index in [1.807, 2.05) is 61.5 Å². The van der Waals surface area contributed by atoms with E-state index in [0.29, 0.717) is 35.0 Å². The number of benzene rings is 4. The first-order valence-electron chi connectivity index (χ1n) is 11.9. The molecule has 2 N–H and O–H groups in total. The lowest BCUT2D eigenvalue weighted by Crippen LogP contribution is -2.21. The molecule has 0 heterocycles. The predicted molar refractivity (Wildman–Crippen MR) is 151 cm³/mol. The van der Waals surface area contributed by atoms with Gasteiger partial charge in [-0.05, 0) is 86.1 Å². The van der Waals surface area contributed by atoms with Crippen molar-refractivity contribution >= 4 is 39.1 Å². The van der Waals surface area contributed by atoms with Crippen molar-refractivity contribution in [1.82, 2.24) is 0 Å². The number of amides is 1. The van der Waals surface area contributed by atoms with Gasteiger partial charge in [0.05, 0.1) is 17.2 Å². The lowest BCUT2D eigenvalue weighted by molar-refractivity contribution is -0.118. The van der Waals surface area contributed by atoms with Crippen molar-refractivity contribution in [3.05, 3.63) is 103 Å². The fourth-order valence-electron chi connectivity index (χ4n) is 3.55. The molecule has 4 aromatic rings. The van der Waals surface area contributed by atoms with Crippen LogP contribution >= 0.6 is 11.8 Å². The number of sulfonamides is 1. The summed E-state index contributed by atoms with van der Waals surface area (Å²) < 4.78 is 39.4. The number of para-hydroxylation sites is 1. The van der Waals surface area contributed by atoms with E-state index < -0.39 is 10.0 Å². The van der Waals surface area contributed by atoms with Crippen LogP contribution in [-0.4, -0.2) is 27.5 Å². The van der Waals surface area contributed by atoms with Gasteiger partial charge in [0, 0.05) is 15.5 Å². The molecule has 0 aliphatic rings. The number of hydrogen-bond acceptors (Lipinski definition) is 6. The molecule has 0 bridgehead atoms. The van der Waals surface area contributed by atoms with Gasteiger partial charge in [-0.2, -0.15) is 0 Å². The Morgan fingerprint density at radius 2 is 1.58 bits per heavy atom. The Bertz CT molecular complexity index is 1490. The highest BCUT2D eigenvalue weighted by atomic mass is 32.2. The molecule has 9 heteroatoms. The maximum atomic E-state index is 12.9. The van der Waals surface area contributed by atoms with Crippen LogP contribution in [0.1, 0.15) is 12.5 Å². The number of nitrogens with one attached hydrogen (secondary N) is 2. The number of anilines is 2. The highest BCUT2D eigenvalue weighted by molar-refractivity contribution is 7.99. The van der Waals surface area contributed by atoms with E-state index in [4.69, 9.17) is 9.47 Å². The van der Waals surface area contributed by atoms with E-state index in [1.165, 1.54) is 12.1 Å². The van der Waals surface area contributed by atoms with Crippen LogP contribution < -0.4 is 19.5 Å². The summed E-state index contributed by atoms with van der Waals surface area (Å²) in [5.41, 5.74) is 1.70. The van der Waals surface area contributed by atoms with E-state index in [9.17, 15) is 13.2 Å². The van der Waals surface area contributed by atoms with Gasteiger partial charge in [-0.3, -0.25) is 9.52 Å². The Morgan fingerprint density at radius 1 is 0.868 bits per heavy atom. The van der Waals surface area contributed by atoms with E-state index in [2.05, 4.69) is 10.0 Å². The third-order valence-corrected chi connectivity index (χ3v) is 7.83. The minimum Gasteiger partial charge on any atom is -0.494 e. The summed E-state index contributed by atoms with van der Waals surface area (Å²) in [6.45, 7) is 3.92. The lowest BCUT2D eigenvalue weighted by atomic mass is 10.2. The monoisotopic (exact) mass is 548 g/mol. The largest absolute Gasteiger partial charge is 0.494 e. The van der Waals surface area contributed by atoms with Gasteiger partial charge < -0.3 is 14.8 Å². The van der Waals surface area contributed by atoms with Gasteiger partial charge in [0.15, 0.2) is 6.61 Å². The number of carbonyl (C=O) groups is 1. The maximum Gasteiger partial charge on any atom is 0.262 e. The maximum absolute atomic E-state index is 12.9. The summed E-state index contributed by atoms with van der Waals surface area (Å²) in [4.78, 5) is 14.7. The van der Waals surface area contributed by atoms with Crippen LogP contribution in [0.2, 0.25) is 0 Å². The molecular formula is C29H28N2O5S2. The molecule has 4 rings (SSSR count). The molecule has 7 nitrogen and oxygen atoms in total. The molecule has 0 saturated carbocycles. The fourth-order valence-corrected chi connectivity index (χ4v) is 5.62. The first-order valence-corrected chi connectivity index (χ1v) is 14.2. The Labute approximate surface area is 227 Å². The van der Waals surface area contributed by atoms with Crippen molar-refractivity contribution in [3.63, 3.8) is 0 Å². The highest BCUT2D eigenvalue weighted by Crippen LogP contribution is 2.33. The molecule has 1 amide bonds. The van der Waals surface area contributed by atoms with Gasteiger partial charge in [0.1, 0.15) is 11.5 Å². The van der Waals surface area contributed by atoms with Crippen LogP contribution in [0.25, 0.3) is 0 Å². The molecule has 4 aromatic carbocycles. The topological polar surface area (TPSA) is 93.7 Å². The van der Waals surface area contributed by atoms with Crippen LogP contribution in [0.3, 0.4) is 0 Å². The first kappa shape index (κ1) is 27.1. The molecule has 38 heavy (non-hydrogen) atoms. The number of aryl methyl sites for hydroxylation is 1. The van der Waals surface area contributed by atoms with E-state index in [1.54, 1.807) is 49.0 Å². The van der Waals surface area contributed by atoms with Crippen LogP contribution in [0.4, 0.5) is 11.4 Å². The number of ether oxygens (including phenoxy) is 2. The third kappa shape index (κ3) is 7.30.